The Kier molecular flexibility index (Phi) is 5.17. The lowest BCUT2D eigenvalue weighted by atomic mass is 10.1. The van der Waals surface area contributed by atoms with E-state index in [1.54, 1.807) is 6.20 Å². The van der Waals surface area contributed by atoms with Crippen molar-refractivity contribution >= 4 is 34.7 Å². The van der Waals surface area contributed by atoms with Crippen LogP contribution in [0.1, 0.15) is 20.3 Å². The Morgan fingerprint density at radius 3 is 2.38 bits per heavy atom. The molecule has 2 rings (SSSR count). The van der Waals surface area contributed by atoms with Crippen LogP contribution in [0.25, 0.3) is 0 Å². The SMILES string of the molecule is CC(C)CC(=O)Nc1ccc(Nc2ccc(Cl)cc2)nc1. The lowest BCUT2D eigenvalue weighted by Crippen LogP contribution is -2.13. The van der Waals surface area contributed by atoms with Gasteiger partial charge in [0.15, 0.2) is 0 Å². The van der Waals surface area contributed by atoms with Crippen molar-refractivity contribution in [3.8, 4) is 0 Å². The monoisotopic (exact) mass is 303 g/mol. The van der Waals surface area contributed by atoms with Gasteiger partial charge in [-0.25, -0.2) is 4.98 Å². The highest BCUT2D eigenvalue weighted by Crippen LogP contribution is 2.18. The number of hydrogen-bond donors (Lipinski definition) is 2. The number of pyridine rings is 1. The number of nitrogens with zero attached hydrogens (tertiary/aromatic N) is 1. The van der Waals surface area contributed by atoms with Crippen LogP contribution >= 0.6 is 11.6 Å². The van der Waals surface area contributed by atoms with Crippen molar-refractivity contribution < 1.29 is 4.79 Å². The van der Waals surface area contributed by atoms with E-state index < -0.39 is 0 Å². The normalized spacial score (nSPS) is 10.5. The average molecular weight is 304 g/mol. The molecule has 0 aliphatic carbocycles. The van der Waals surface area contributed by atoms with Crippen LogP contribution in [-0.4, -0.2) is 10.9 Å². The number of carbonyl (C=O) groups excluding carboxylic acids is 1. The molecule has 2 N–H and O–H groups in total. The minimum atomic E-state index is 0.00482. The highest BCUT2D eigenvalue weighted by atomic mass is 35.5. The largest absolute Gasteiger partial charge is 0.340 e. The molecule has 1 heterocycles. The second-order valence-corrected chi connectivity index (χ2v) is 5.65. The smallest absolute Gasteiger partial charge is 0.224 e. The maximum absolute atomic E-state index is 11.7. The van der Waals surface area contributed by atoms with Gasteiger partial charge in [0.1, 0.15) is 5.82 Å². The predicted octanol–water partition coefficient (Wildman–Crippen LogP) is 4.46. The zero-order valence-corrected chi connectivity index (χ0v) is 12.8. The summed E-state index contributed by atoms with van der Waals surface area (Å²) in [7, 11) is 0. The summed E-state index contributed by atoms with van der Waals surface area (Å²) in [6.07, 6.45) is 2.14. The van der Waals surface area contributed by atoms with Crippen LogP contribution in [-0.2, 0) is 4.79 Å². The fourth-order valence-electron chi connectivity index (χ4n) is 1.81. The summed E-state index contributed by atoms with van der Waals surface area (Å²) in [4.78, 5) is 15.9. The molecule has 0 fully saturated rings. The van der Waals surface area contributed by atoms with Crippen LogP contribution in [0.15, 0.2) is 42.6 Å². The van der Waals surface area contributed by atoms with Crippen LogP contribution < -0.4 is 10.6 Å². The van der Waals surface area contributed by atoms with E-state index in [1.165, 1.54) is 0 Å². The number of hydrogen-bond acceptors (Lipinski definition) is 3. The van der Waals surface area contributed by atoms with Crippen LogP contribution in [0.2, 0.25) is 5.02 Å². The molecule has 0 spiro atoms. The van der Waals surface area contributed by atoms with E-state index in [0.717, 1.165) is 5.69 Å². The molecule has 21 heavy (non-hydrogen) atoms. The highest BCUT2D eigenvalue weighted by Gasteiger charge is 2.05. The Labute approximate surface area is 129 Å². The quantitative estimate of drug-likeness (QED) is 0.857. The second-order valence-electron chi connectivity index (χ2n) is 5.21. The van der Waals surface area contributed by atoms with Gasteiger partial charge in [-0.15, -0.1) is 0 Å². The minimum Gasteiger partial charge on any atom is -0.340 e. The Morgan fingerprint density at radius 1 is 1.14 bits per heavy atom. The number of halogens is 1. The first-order valence-corrected chi connectivity index (χ1v) is 7.19. The fourth-order valence-corrected chi connectivity index (χ4v) is 1.93. The first kappa shape index (κ1) is 15.3. The maximum Gasteiger partial charge on any atom is 0.224 e. The zero-order chi connectivity index (χ0) is 15.2. The van der Waals surface area contributed by atoms with E-state index in [9.17, 15) is 4.79 Å². The number of aromatic nitrogens is 1. The summed E-state index contributed by atoms with van der Waals surface area (Å²) in [5, 5.41) is 6.68. The van der Waals surface area contributed by atoms with Crippen LogP contribution in [0, 0.1) is 5.92 Å². The molecule has 0 saturated heterocycles. The van der Waals surface area contributed by atoms with Gasteiger partial charge in [-0.05, 0) is 42.3 Å². The highest BCUT2D eigenvalue weighted by molar-refractivity contribution is 6.30. The lowest BCUT2D eigenvalue weighted by Gasteiger charge is -2.09. The van der Waals surface area contributed by atoms with Crippen LogP contribution in [0.5, 0.6) is 0 Å². The summed E-state index contributed by atoms with van der Waals surface area (Å²) in [5.41, 5.74) is 1.60. The fraction of sp³-hybridized carbons (Fsp3) is 0.250. The number of carbonyl (C=O) groups is 1. The van der Waals surface area contributed by atoms with Crippen molar-refractivity contribution in [1.29, 1.82) is 0 Å². The van der Waals surface area contributed by atoms with Gasteiger partial charge in [-0.3, -0.25) is 4.79 Å². The molecule has 0 aliphatic heterocycles. The Hall–Kier alpha value is -2.07. The molecule has 0 unspecified atom stereocenters. The first-order valence-electron chi connectivity index (χ1n) is 6.81. The van der Waals surface area contributed by atoms with Gasteiger partial charge in [0.05, 0.1) is 11.9 Å². The van der Waals surface area contributed by atoms with E-state index >= 15 is 0 Å². The first-order chi connectivity index (χ1) is 10.0. The van der Waals surface area contributed by atoms with E-state index in [0.29, 0.717) is 28.9 Å². The Balaban J connectivity index is 1.95. The number of nitrogens with one attached hydrogen (secondary N) is 2. The number of benzene rings is 1. The topological polar surface area (TPSA) is 54.0 Å². The van der Waals surface area contributed by atoms with Crippen molar-refractivity contribution in [1.82, 2.24) is 4.98 Å². The summed E-state index contributed by atoms with van der Waals surface area (Å²) in [6.45, 7) is 4.02. The molecule has 1 aromatic carbocycles. The summed E-state index contributed by atoms with van der Waals surface area (Å²) >= 11 is 5.84. The minimum absolute atomic E-state index is 0.00482. The molecule has 0 aliphatic rings. The molecule has 1 aromatic heterocycles. The molecule has 0 radical (unpaired) electrons. The molecular weight excluding hydrogens is 286 g/mol. The zero-order valence-electron chi connectivity index (χ0n) is 12.1. The van der Waals surface area contributed by atoms with Crippen molar-refractivity contribution in [2.75, 3.05) is 10.6 Å². The third kappa shape index (κ3) is 5.08. The van der Waals surface area contributed by atoms with Gasteiger partial charge in [0, 0.05) is 17.1 Å². The van der Waals surface area contributed by atoms with Gasteiger partial charge in [-0.2, -0.15) is 0 Å². The third-order valence-corrected chi connectivity index (χ3v) is 3.01. The molecule has 2 aromatic rings. The third-order valence-electron chi connectivity index (χ3n) is 2.76. The van der Waals surface area contributed by atoms with E-state index in [1.807, 2.05) is 50.2 Å². The molecule has 1 amide bonds. The van der Waals surface area contributed by atoms with Gasteiger partial charge < -0.3 is 10.6 Å². The van der Waals surface area contributed by atoms with Crippen molar-refractivity contribution in [2.24, 2.45) is 5.92 Å². The molecule has 5 heteroatoms. The maximum atomic E-state index is 11.7. The van der Waals surface area contributed by atoms with Gasteiger partial charge in [0.2, 0.25) is 5.91 Å². The van der Waals surface area contributed by atoms with Gasteiger partial charge in [0.25, 0.3) is 0 Å². The van der Waals surface area contributed by atoms with Crippen molar-refractivity contribution in [3.05, 3.63) is 47.6 Å². The second kappa shape index (κ2) is 7.09. The van der Waals surface area contributed by atoms with E-state index in [4.69, 9.17) is 11.6 Å². The molecule has 0 saturated carbocycles. The number of rotatable bonds is 5. The summed E-state index contributed by atoms with van der Waals surface area (Å²) < 4.78 is 0. The van der Waals surface area contributed by atoms with Crippen LogP contribution in [0.4, 0.5) is 17.2 Å². The number of anilines is 3. The van der Waals surface area contributed by atoms with E-state index in [2.05, 4.69) is 15.6 Å². The summed E-state index contributed by atoms with van der Waals surface area (Å²) in [5.74, 6) is 1.05. The molecule has 0 bridgehead atoms. The molecule has 110 valence electrons. The van der Waals surface area contributed by atoms with Crippen LogP contribution in [0.3, 0.4) is 0 Å². The molecular formula is C16H18ClN3O. The molecule has 4 nitrogen and oxygen atoms in total. The predicted molar refractivity (Wildman–Crippen MR) is 87.1 cm³/mol. The van der Waals surface area contributed by atoms with Crippen molar-refractivity contribution in [3.63, 3.8) is 0 Å². The standard InChI is InChI=1S/C16H18ClN3O/c1-11(2)9-16(21)20-14-7-8-15(18-10-14)19-13-5-3-12(17)4-6-13/h3-8,10-11H,9H2,1-2H3,(H,18,19)(H,20,21). The Bertz CT molecular complexity index is 594. The van der Waals surface area contributed by atoms with E-state index in [-0.39, 0.29) is 5.91 Å². The van der Waals surface area contributed by atoms with Crippen molar-refractivity contribution in [2.45, 2.75) is 20.3 Å². The van der Waals surface area contributed by atoms with Gasteiger partial charge >= 0.3 is 0 Å². The van der Waals surface area contributed by atoms with Gasteiger partial charge in [-0.1, -0.05) is 25.4 Å². The number of amides is 1. The molecule has 0 atom stereocenters. The summed E-state index contributed by atoms with van der Waals surface area (Å²) in [6, 6.07) is 11.0. The lowest BCUT2D eigenvalue weighted by molar-refractivity contribution is -0.116. The Morgan fingerprint density at radius 2 is 1.81 bits per heavy atom. The average Bonchev–Trinajstić information content (AvgIpc) is 2.42.